The van der Waals surface area contributed by atoms with E-state index in [0.717, 1.165) is 37.0 Å². The molecular formula is C11H18BrNO3. The van der Waals surface area contributed by atoms with Crippen LogP contribution in [0.3, 0.4) is 0 Å². The van der Waals surface area contributed by atoms with Crippen molar-refractivity contribution in [3.63, 3.8) is 0 Å². The molecule has 0 aromatic heterocycles. The standard InChI is InChI=1S/C11H18NO3.BrH/c1-15-11(14)4-7-12-5-2-9(3-6-12)10(13)8-12;/h9H,2-8H2,1H3;1H/q+1;/p-1. The van der Waals surface area contributed by atoms with Crippen molar-refractivity contribution < 1.29 is 35.8 Å². The van der Waals surface area contributed by atoms with Crippen LogP contribution in [0, 0.1) is 5.92 Å². The molecule has 0 amide bonds. The van der Waals surface area contributed by atoms with E-state index in [1.807, 2.05) is 0 Å². The van der Waals surface area contributed by atoms with Gasteiger partial charge in [-0.3, -0.25) is 9.59 Å². The molecule has 0 N–H and O–H groups in total. The Bertz CT molecular complexity index is 285. The van der Waals surface area contributed by atoms with Gasteiger partial charge < -0.3 is 26.2 Å². The van der Waals surface area contributed by atoms with Gasteiger partial charge in [0.1, 0.15) is 6.54 Å². The van der Waals surface area contributed by atoms with E-state index >= 15 is 0 Å². The predicted molar refractivity (Wildman–Crippen MR) is 54.1 cm³/mol. The first kappa shape index (κ1) is 13.6. The molecule has 0 unspecified atom stereocenters. The van der Waals surface area contributed by atoms with E-state index in [1.54, 1.807) is 0 Å². The molecule has 5 heteroatoms. The van der Waals surface area contributed by atoms with Crippen LogP contribution >= 0.6 is 0 Å². The molecule has 3 saturated heterocycles. The van der Waals surface area contributed by atoms with Crippen LogP contribution in [0.2, 0.25) is 0 Å². The fourth-order valence-corrected chi connectivity index (χ4v) is 2.79. The molecule has 0 aromatic carbocycles. The van der Waals surface area contributed by atoms with Crippen LogP contribution in [-0.4, -0.2) is 49.5 Å². The third kappa shape index (κ3) is 2.63. The Labute approximate surface area is 106 Å². The van der Waals surface area contributed by atoms with Crippen molar-refractivity contribution in [2.24, 2.45) is 5.92 Å². The molecule has 3 aliphatic heterocycles. The number of esters is 1. The van der Waals surface area contributed by atoms with Gasteiger partial charge in [-0.2, -0.15) is 0 Å². The van der Waals surface area contributed by atoms with E-state index in [1.165, 1.54) is 7.11 Å². The van der Waals surface area contributed by atoms with Gasteiger partial charge in [0.2, 0.25) is 0 Å². The minimum absolute atomic E-state index is 0. The molecule has 0 radical (unpaired) electrons. The number of ketones is 1. The fourth-order valence-electron chi connectivity index (χ4n) is 2.79. The molecule has 16 heavy (non-hydrogen) atoms. The largest absolute Gasteiger partial charge is 1.00 e. The SMILES string of the molecule is COC(=O)CC[N+]12CCC(CC1)C(=O)C2.[Br-]. The van der Waals surface area contributed by atoms with Crippen molar-refractivity contribution in [2.45, 2.75) is 19.3 Å². The maximum Gasteiger partial charge on any atom is 0.311 e. The van der Waals surface area contributed by atoms with Crippen molar-refractivity contribution in [1.29, 1.82) is 0 Å². The number of Topliss-reactive ketones (excluding diaryl/α,β-unsaturated/α-hetero) is 1. The van der Waals surface area contributed by atoms with Crippen molar-refractivity contribution in [1.82, 2.24) is 0 Å². The second kappa shape index (κ2) is 5.27. The summed E-state index contributed by atoms with van der Waals surface area (Å²) in [4.78, 5) is 22.7. The monoisotopic (exact) mass is 291 g/mol. The Hall–Kier alpha value is -0.420. The summed E-state index contributed by atoms with van der Waals surface area (Å²) in [5.74, 6) is 0.558. The van der Waals surface area contributed by atoms with Gasteiger partial charge in [-0.15, -0.1) is 0 Å². The number of ether oxygens (including phenoxy) is 1. The summed E-state index contributed by atoms with van der Waals surface area (Å²) in [6.45, 7) is 3.54. The summed E-state index contributed by atoms with van der Waals surface area (Å²) in [5.41, 5.74) is 0. The molecule has 92 valence electrons. The number of fused-ring (bicyclic) bond motifs is 3. The molecule has 0 saturated carbocycles. The highest BCUT2D eigenvalue weighted by Gasteiger charge is 2.44. The van der Waals surface area contributed by atoms with Crippen LogP contribution in [0.4, 0.5) is 0 Å². The first-order valence-corrected chi connectivity index (χ1v) is 5.60. The Kier molecular flexibility index (Phi) is 4.50. The molecule has 0 spiro atoms. The molecule has 3 rings (SSSR count). The Morgan fingerprint density at radius 1 is 1.44 bits per heavy atom. The zero-order valence-corrected chi connectivity index (χ0v) is 11.2. The molecule has 3 heterocycles. The third-order valence-electron chi connectivity index (χ3n) is 3.87. The van der Waals surface area contributed by atoms with E-state index in [2.05, 4.69) is 4.74 Å². The van der Waals surface area contributed by atoms with Crippen LogP contribution in [0.5, 0.6) is 0 Å². The van der Waals surface area contributed by atoms with Gasteiger partial charge in [0, 0.05) is 18.8 Å². The lowest BCUT2D eigenvalue weighted by atomic mass is 9.84. The second-order valence-electron chi connectivity index (χ2n) is 4.74. The topological polar surface area (TPSA) is 43.4 Å². The highest BCUT2D eigenvalue weighted by atomic mass is 79.9. The molecule has 3 fully saturated rings. The van der Waals surface area contributed by atoms with E-state index in [-0.39, 0.29) is 23.0 Å². The number of hydrogen-bond donors (Lipinski definition) is 0. The lowest BCUT2D eigenvalue weighted by Gasteiger charge is -2.47. The number of rotatable bonds is 3. The van der Waals surface area contributed by atoms with Gasteiger partial charge >= 0.3 is 5.97 Å². The average molecular weight is 292 g/mol. The summed E-state index contributed by atoms with van der Waals surface area (Å²) in [6, 6.07) is 0. The number of carbonyl (C=O) groups is 2. The summed E-state index contributed by atoms with van der Waals surface area (Å²) >= 11 is 0. The average Bonchev–Trinajstić information content (AvgIpc) is 2.27. The number of nitrogens with zero attached hydrogens (tertiary/aromatic N) is 1. The van der Waals surface area contributed by atoms with Gasteiger partial charge in [-0.25, -0.2) is 0 Å². The summed E-state index contributed by atoms with van der Waals surface area (Å²) < 4.78 is 5.46. The number of halogens is 1. The van der Waals surface area contributed by atoms with Gasteiger partial charge in [-0.1, -0.05) is 0 Å². The molecular weight excluding hydrogens is 274 g/mol. The normalized spacial score (nSPS) is 32.1. The second-order valence-corrected chi connectivity index (χ2v) is 4.74. The first-order chi connectivity index (χ1) is 7.15. The molecule has 2 bridgehead atoms. The van der Waals surface area contributed by atoms with E-state index in [4.69, 9.17) is 0 Å². The molecule has 0 aromatic rings. The summed E-state index contributed by atoms with van der Waals surface area (Å²) in [6.07, 6.45) is 2.47. The van der Waals surface area contributed by atoms with Crippen LogP contribution < -0.4 is 17.0 Å². The van der Waals surface area contributed by atoms with Crippen molar-refractivity contribution in [3.05, 3.63) is 0 Å². The highest BCUT2D eigenvalue weighted by Crippen LogP contribution is 2.31. The van der Waals surface area contributed by atoms with Crippen molar-refractivity contribution in [3.8, 4) is 0 Å². The lowest BCUT2D eigenvalue weighted by Crippen LogP contribution is -3.00. The number of carbonyl (C=O) groups excluding carboxylic acids is 2. The third-order valence-corrected chi connectivity index (χ3v) is 3.87. The zero-order chi connectivity index (χ0) is 10.9. The minimum Gasteiger partial charge on any atom is -1.00 e. The summed E-state index contributed by atoms with van der Waals surface area (Å²) in [5, 5.41) is 0. The Morgan fingerprint density at radius 3 is 2.56 bits per heavy atom. The maximum atomic E-state index is 11.6. The maximum absolute atomic E-state index is 11.6. The molecule has 0 atom stereocenters. The van der Waals surface area contributed by atoms with Gasteiger partial charge in [0.05, 0.1) is 33.2 Å². The Balaban J connectivity index is 0.00000128. The number of quaternary nitrogens is 1. The molecule has 0 aliphatic carbocycles. The van der Waals surface area contributed by atoms with Crippen molar-refractivity contribution in [2.75, 3.05) is 33.3 Å². The highest BCUT2D eigenvalue weighted by molar-refractivity contribution is 5.83. The summed E-state index contributed by atoms with van der Waals surface area (Å²) in [7, 11) is 1.41. The number of methoxy groups -OCH3 is 1. The zero-order valence-electron chi connectivity index (χ0n) is 9.58. The van der Waals surface area contributed by atoms with Crippen LogP contribution in [0.1, 0.15) is 19.3 Å². The van der Waals surface area contributed by atoms with Crippen LogP contribution in [-0.2, 0) is 14.3 Å². The van der Waals surface area contributed by atoms with Crippen LogP contribution in [0.15, 0.2) is 0 Å². The van der Waals surface area contributed by atoms with Crippen LogP contribution in [0.25, 0.3) is 0 Å². The molecule has 4 nitrogen and oxygen atoms in total. The van der Waals surface area contributed by atoms with E-state index < -0.39 is 0 Å². The lowest BCUT2D eigenvalue weighted by molar-refractivity contribution is -0.930. The molecule has 3 aliphatic rings. The first-order valence-electron chi connectivity index (χ1n) is 5.60. The number of piperidine rings is 3. The van der Waals surface area contributed by atoms with Gasteiger partial charge in [-0.05, 0) is 0 Å². The quantitative estimate of drug-likeness (QED) is 0.422. The van der Waals surface area contributed by atoms with Gasteiger partial charge in [0.25, 0.3) is 0 Å². The number of hydrogen-bond acceptors (Lipinski definition) is 3. The van der Waals surface area contributed by atoms with Gasteiger partial charge in [0.15, 0.2) is 5.78 Å². The fraction of sp³-hybridized carbons (Fsp3) is 0.818. The van der Waals surface area contributed by atoms with E-state index in [9.17, 15) is 9.59 Å². The van der Waals surface area contributed by atoms with Crippen molar-refractivity contribution >= 4 is 11.8 Å². The Morgan fingerprint density at radius 2 is 2.06 bits per heavy atom. The van der Waals surface area contributed by atoms with E-state index in [0.29, 0.717) is 24.7 Å². The smallest absolute Gasteiger partial charge is 0.311 e. The minimum atomic E-state index is -0.164. The predicted octanol–water partition coefficient (Wildman–Crippen LogP) is -2.64.